The summed E-state index contributed by atoms with van der Waals surface area (Å²) in [5.41, 5.74) is 5.94. The summed E-state index contributed by atoms with van der Waals surface area (Å²) < 4.78 is 11.3. The summed E-state index contributed by atoms with van der Waals surface area (Å²) in [6, 6.07) is 1.94. The zero-order valence-corrected chi connectivity index (χ0v) is 10.4. The van der Waals surface area contributed by atoms with Crippen LogP contribution in [0.1, 0.15) is 10.9 Å². The van der Waals surface area contributed by atoms with Crippen molar-refractivity contribution in [3.05, 3.63) is 20.8 Å². The van der Waals surface area contributed by atoms with Gasteiger partial charge in [0, 0.05) is 16.5 Å². The highest BCUT2D eigenvalue weighted by Gasteiger charge is 2.10. The van der Waals surface area contributed by atoms with Crippen LogP contribution in [0.2, 0.25) is 0 Å². The van der Waals surface area contributed by atoms with E-state index in [1.54, 1.807) is 18.4 Å². The van der Waals surface area contributed by atoms with Crippen LogP contribution in [0, 0.1) is 0 Å². The fraction of sp³-hybridized carbons (Fsp3) is 0.556. The van der Waals surface area contributed by atoms with Gasteiger partial charge in [-0.2, -0.15) is 0 Å². The van der Waals surface area contributed by atoms with Crippen molar-refractivity contribution in [2.75, 3.05) is 26.9 Å². The summed E-state index contributed by atoms with van der Waals surface area (Å²) in [6.45, 7) is 1.73. The smallest absolute Gasteiger partial charge is 0.0701 e. The molecule has 5 heteroatoms. The largest absolute Gasteiger partial charge is 0.382 e. The average Bonchev–Trinajstić information content (AvgIpc) is 2.59. The first-order chi connectivity index (χ1) is 6.75. The van der Waals surface area contributed by atoms with E-state index in [0.29, 0.717) is 19.8 Å². The highest BCUT2D eigenvalue weighted by Crippen LogP contribution is 2.27. The molecule has 80 valence electrons. The molecule has 0 fully saturated rings. The molecule has 1 rings (SSSR count). The zero-order valence-electron chi connectivity index (χ0n) is 8.03. The third-order valence-corrected chi connectivity index (χ3v) is 3.71. The third-order valence-electron chi connectivity index (χ3n) is 1.71. The van der Waals surface area contributed by atoms with Crippen molar-refractivity contribution < 1.29 is 9.47 Å². The van der Waals surface area contributed by atoms with E-state index in [1.165, 1.54) is 0 Å². The van der Waals surface area contributed by atoms with Crippen molar-refractivity contribution >= 4 is 27.3 Å². The molecule has 1 heterocycles. The van der Waals surface area contributed by atoms with Gasteiger partial charge in [0.2, 0.25) is 0 Å². The van der Waals surface area contributed by atoms with Crippen LogP contribution in [0.15, 0.2) is 15.9 Å². The van der Waals surface area contributed by atoms with E-state index in [2.05, 4.69) is 15.9 Å². The molecule has 0 aromatic carbocycles. The Balaban J connectivity index is 2.28. The summed E-state index contributed by atoms with van der Waals surface area (Å²) in [5, 5.41) is 2.01. The van der Waals surface area contributed by atoms with E-state index in [0.717, 1.165) is 9.35 Å². The van der Waals surface area contributed by atoms with Crippen molar-refractivity contribution in [2.24, 2.45) is 5.73 Å². The molecular formula is C9H14BrNO2S. The van der Waals surface area contributed by atoms with Crippen molar-refractivity contribution in [3.8, 4) is 0 Å². The van der Waals surface area contributed by atoms with E-state index in [9.17, 15) is 0 Å². The third kappa shape index (κ3) is 3.67. The summed E-state index contributed by atoms with van der Waals surface area (Å²) in [6.07, 6.45) is 0. The van der Waals surface area contributed by atoms with E-state index in [1.807, 2.05) is 11.4 Å². The lowest BCUT2D eigenvalue weighted by molar-refractivity contribution is 0.0639. The summed E-state index contributed by atoms with van der Waals surface area (Å²) in [5.74, 6) is 0. The number of rotatable bonds is 6. The van der Waals surface area contributed by atoms with Gasteiger partial charge in [-0.25, -0.2) is 0 Å². The fourth-order valence-electron chi connectivity index (χ4n) is 0.998. The molecule has 0 bridgehead atoms. The van der Waals surface area contributed by atoms with Crippen molar-refractivity contribution in [1.29, 1.82) is 0 Å². The van der Waals surface area contributed by atoms with Crippen molar-refractivity contribution in [1.82, 2.24) is 0 Å². The Labute approximate surface area is 96.3 Å². The summed E-state index contributed by atoms with van der Waals surface area (Å²) in [7, 11) is 1.65. The molecule has 1 aromatic heterocycles. The van der Waals surface area contributed by atoms with Gasteiger partial charge in [0.25, 0.3) is 0 Å². The minimum absolute atomic E-state index is 0.0544. The molecule has 14 heavy (non-hydrogen) atoms. The van der Waals surface area contributed by atoms with Crippen LogP contribution in [-0.2, 0) is 9.47 Å². The molecule has 3 nitrogen and oxygen atoms in total. The molecule has 0 saturated carbocycles. The second-order valence-corrected chi connectivity index (χ2v) is 4.61. The van der Waals surface area contributed by atoms with Gasteiger partial charge < -0.3 is 15.2 Å². The van der Waals surface area contributed by atoms with E-state index in [4.69, 9.17) is 15.2 Å². The molecule has 0 saturated heterocycles. The topological polar surface area (TPSA) is 44.5 Å². The first-order valence-electron chi connectivity index (χ1n) is 4.31. The molecule has 0 aliphatic heterocycles. The molecule has 0 radical (unpaired) electrons. The van der Waals surface area contributed by atoms with Crippen LogP contribution in [0.3, 0.4) is 0 Å². The van der Waals surface area contributed by atoms with Crippen LogP contribution in [0.4, 0.5) is 0 Å². The Morgan fingerprint density at radius 1 is 1.57 bits per heavy atom. The van der Waals surface area contributed by atoms with E-state index in [-0.39, 0.29) is 6.04 Å². The number of methoxy groups -OCH3 is 1. The fourth-order valence-corrected chi connectivity index (χ4v) is 2.65. The number of nitrogens with two attached hydrogens (primary N) is 1. The van der Waals surface area contributed by atoms with E-state index >= 15 is 0 Å². The van der Waals surface area contributed by atoms with Crippen molar-refractivity contribution in [2.45, 2.75) is 6.04 Å². The minimum Gasteiger partial charge on any atom is -0.382 e. The second kappa shape index (κ2) is 6.53. The molecule has 0 aliphatic carbocycles. The predicted molar refractivity (Wildman–Crippen MR) is 61.6 cm³/mol. The van der Waals surface area contributed by atoms with Gasteiger partial charge in [-0.05, 0) is 27.4 Å². The van der Waals surface area contributed by atoms with Crippen LogP contribution >= 0.6 is 27.3 Å². The lowest BCUT2D eigenvalue weighted by Crippen LogP contribution is -2.17. The number of hydrogen-bond donors (Lipinski definition) is 1. The molecule has 1 atom stereocenters. The molecular weight excluding hydrogens is 266 g/mol. The number of hydrogen-bond acceptors (Lipinski definition) is 4. The Hall–Kier alpha value is 0.0600. The molecule has 0 spiro atoms. The van der Waals surface area contributed by atoms with Crippen LogP contribution in [-0.4, -0.2) is 26.9 Å². The molecule has 1 aromatic rings. The lowest BCUT2D eigenvalue weighted by atomic mass is 10.3. The SMILES string of the molecule is COCCOCC(N)c1sccc1Br. The van der Waals surface area contributed by atoms with Crippen molar-refractivity contribution in [3.63, 3.8) is 0 Å². The van der Waals surface area contributed by atoms with E-state index < -0.39 is 0 Å². The number of ether oxygens (including phenoxy) is 2. The standard InChI is InChI=1S/C9H14BrNO2S/c1-12-3-4-13-6-8(11)9-7(10)2-5-14-9/h2,5,8H,3-4,6,11H2,1H3. The maximum Gasteiger partial charge on any atom is 0.0701 e. The lowest BCUT2D eigenvalue weighted by Gasteiger charge is -2.10. The molecule has 0 aliphatic rings. The zero-order chi connectivity index (χ0) is 10.4. The molecule has 1 unspecified atom stereocenters. The summed E-state index contributed by atoms with van der Waals surface area (Å²) >= 11 is 5.08. The quantitative estimate of drug-likeness (QED) is 0.812. The Kier molecular flexibility index (Phi) is 5.66. The Morgan fingerprint density at radius 2 is 2.36 bits per heavy atom. The highest BCUT2D eigenvalue weighted by molar-refractivity contribution is 9.10. The van der Waals surface area contributed by atoms with Crippen LogP contribution < -0.4 is 5.73 Å². The second-order valence-electron chi connectivity index (χ2n) is 2.81. The minimum atomic E-state index is -0.0544. The number of thiophene rings is 1. The van der Waals surface area contributed by atoms with Gasteiger partial charge in [-0.1, -0.05) is 0 Å². The van der Waals surface area contributed by atoms with Gasteiger partial charge in [0.1, 0.15) is 0 Å². The normalized spacial score (nSPS) is 13.1. The van der Waals surface area contributed by atoms with Gasteiger partial charge in [-0.15, -0.1) is 11.3 Å². The van der Waals surface area contributed by atoms with Gasteiger partial charge >= 0.3 is 0 Å². The predicted octanol–water partition coefficient (Wildman–Crippen LogP) is 2.17. The first-order valence-corrected chi connectivity index (χ1v) is 5.98. The summed E-state index contributed by atoms with van der Waals surface area (Å²) in [4.78, 5) is 1.13. The maximum atomic E-state index is 5.94. The Bertz CT molecular complexity index is 267. The number of halogens is 1. The molecule has 0 amide bonds. The highest BCUT2D eigenvalue weighted by atomic mass is 79.9. The average molecular weight is 280 g/mol. The first kappa shape index (κ1) is 12.1. The maximum absolute atomic E-state index is 5.94. The van der Waals surface area contributed by atoms with Crippen LogP contribution in [0.25, 0.3) is 0 Å². The monoisotopic (exact) mass is 279 g/mol. The van der Waals surface area contributed by atoms with Crippen LogP contribution in [0.5, 0.6) is 0 Å². The van der Waals surface area contributed by atoms with Gasteiger partial charge in [0.15, 0.2) is 0 Å². The van der Waals surface area contributed by atoms with Gasteiger partial charge in [0.05, 0.1) is 25.9 Å². The Morgan fingerprint density at radius 3 is 2.93 bits per heavy atom. The van der Waals surface area contributed by atoms with Gasteiger partial charge in [-0.3, -0.25) is 0 Å². The molecule has 2 N–H and O–H groups in total.